The summed E-state index contributed by atoms with van der Waals surface area (Å²) in [6.45, 7) is 4.23. The zero-order chi connectivity index (χ0) is 25.3. The molecular weight excluding hydrogens is 454 g/mol. The van der Waals surface area contributed by atoms with Gasteiger partial charge in [-0.15, -0.1) is 0 Å². The van der Waals surface area contributed by atoms with Crippen molar-refractivity contribution in [3.8, 4) is 11.5 Å². The first kappa shape index (κ1) is 24.5. The van der Waals surface area contributed by atoms with Crippen LogP contribution in [0.4, 0.5) is 5.69 Å². The molecule has 0 spiro atoms. The number of anilines is 1. The van der Waals surface area contributed by atoms with Crippen LogP contribution in [0, 0.1) is 0 Å². The number of nitrogens with zero attached hydrogens (tertiary/aromatic N) is 1. The summed E-state index contributed by atoms with van der Waals surface area (Å²) < 4.78 is 11.9. The van der Waals surface area contributed by atoms with Gasteiger partial charge in [0.1, 0.15) is 6.61 Å². The standard InChI is InChI=1S/C29H27N3O4/c1-3-35-28-17-21(18-30-32-29(34)23-12-14-25(15-13-23)31-20(2)33)11-16-27(28)36-19-24-9-6-8-22-7-4-5-10-26(22)24/h4-18H,3,19H2,1-2H3,(H,31,33)(H,32,34). The smallest absolute Gasteiger partial charge is 0.271 e. The fraction of sp³-hybridized carbons (Fsp3) is 0.138. The second kappa shape index (κ2) is 11.7. The lowest BCUT2D eigenvalue weighted by Crippen LogP contribution is -2.17. The van der Waals surface area contributed by atoms with E-state index in [1.54, 1.807) is 30.5 Å². The summed E-state index contributed by atoms with van der Waals surface area (Å²) in [5, 5.41) is 9.04. The number of fused-ring (bicyclic) bond motifs is 1. The Labute approximate surface area is 209 Å². The van der Waals surface area contributed by atoms with Crippen molar-refractivity contribution in [1.82, 2.24) is 5.43 Å². The van der Waals surface area contributed by atoms with E-state index in [0.29, 0.717) is 36.0 Å². The first-order valence-corrected chi connectivity index (χ1v) is 11.6. The van der Waals surface area contributed by atoms with Crippen molar-refractivity contribution in [1.29, 1.82) is 0 Å². The molecule has 0 aliphatic rings. The minimum absolute atomic E-state index is 0.173. The van der Waals surface area contributed by atoms with Gasteiger partial charge in [0.25, 0.3) is 5.91 Å². The monoisotopic (exact) mass is 481 g/mol. The van der Waals surface area contributed by atoms with E-state index < -0.39 is 0 Å². The van der Waals surface area contributed by atoms with Crippen LogP contribution in [0.15, 0.2) is 90.0 Å². The maximum atomic E-state index is 12.3. The number of benzene rings is 4. The van der Waals surface area contributed by atoms with E-state index >= 15 is 0 Å². The van der Waals surface area contributed by atoms with Gasteiger partial charge in [-0.1, -0.05) is 42.5 Å². The molecule has 0 unspecified atom stereocenters. The summed E-state index contributed by atoms with van der Waals surface area (Å²) in [6.07, 6.45) is 1.54. The highest BCUT2D eigenvalue weighted by Gasteiger charge is 2.09. The minimum Gasteiger partial charge on any atom is -0.490 e. The lowest BCUT2D eigenvalue weighted by molar-refractivity contribution is -0.114. The Morgan fingerprint density at radius 2 is 1.67 bits per heavy atom. The molecule has 4 aromatic carbocycles. The van der Waals surface area contributed by atoms with Crippen LogP contribution in [0.25, 0.3) is 10.8 Å². The summed E-state index contributed by atoms with van der Waals surface area (Å²) in [5.74, 6) is 0.695. The second-order valence-corrected chi connectivity index (χ2v) is 8.02. The highest BCUT2D eigenvalue weighted by molar-refractivity contribution is 5.96. The maximum Gasteiger partial charge on any atom is 0.271 e. The van der Waals surface area contributed by atoms with E-state index in [0.717, 1.165) is 16.5 Å². The number of hydrogen-bond acceptors (Lipinski definition) is 5. The summed E-state index contributed by atoms with van der Waals surface area (Å²) >= 11 is 0. The third-order valence-electron chi connectivity index (χ3n) is 5.38. The molecule has 182 valence electrons. The minimum atomic E-state index is -0.360. The van der Waals surface area contributed by atoms with Crippen molar-refractivity contribution >= 4 is 34.5 Å². The molecule has 7 nitrogen and oxygen atoms in total. The Morgan fingerprint density at radius 1 is 0.889 bits per heavy atom. The number of nitrogens with one attached hydrogen (secondary N) is 2. The molecule has 0 fully saturated rings. The summed E-state index contributed by atoms with van der Waals surface area (Å²) in [4.78, 5) is 23.5. The molecule has 0 bridgehead atoms. The first-order valence-electron chi connectivity index (χ1n) is 11.6. The molecule has 0 heterocycles. The average molecular weight is 482 g/mol. The van der Waals surface area contributed by atoms with E-state index in [2.05, 4.69) is 40.1 Å². The fourth-order valence-electron chi connectivity index (χ4n) is 3.70. The summed E-state index contributed by atoms with van der Waals surface area (Å²) in [7, 11) is 0. The Bertz CT molecular complexity index is 1390. The number of carbonyl (C=O) groups excluding carboxylic acids is 2. The van der Waals surface area contributed by atoms with Gasteiger partial charge in [-0.25, -0.2) is 5.43 Å². The molecule has 0 aliphatic heterocycles. The third kappa shape index (κ3) is 6.27. The van der Waals surface area contributed by atoms with Gasteiger partial charge in [0.2, 0.25) is 5.91 Å². The summed E-state index contributed by atoms with van der Waals surface area (Å²) in [5.41, 5.74) is 5.39. The molecule has 2 N–H and O–H groups in total. The predicted octanol–water partition coefficient (Wildman–Crippen LogP) is 5.54. The van der Waals surface area contributed by atoms with Gasteiger partial charge in [0.05, 0.1) is 12.8 Å². The zero-order valence-corrected chi connectivity index (χ0v) is 20.2. The molecule has 0 saturated carbocycles. The van der Waals surface area contributed by atoms with E-state index in [1.165, 1.54) is 12.3 Å². The Morgan fingerprint density at radius 3 is 2.44 bits per heavy atom. The van der Waals surface area contributed by atoms with Crippen LogP contribution >= 0.6 is 0 Å². The molecule has 4 rings (SSSR count). The van der Waals surface area contributed by atoms with Crippen molar-refractivity contribution in [2.45, 2.75) is 20.5 Å². The molecule has 4 aromatic rings. The van der Waals surface area contributed by atoms with Crippen molar-refractivity contribution in [3.05, 3.63) is 102 Å². The van der Waals surface area contributed by atoms with Crippen molar-refractivity contribution in [2.75, 3.05) is 11.9 Å². The van der Waals surface area contributed by atoms with Gasteiger partial charge < -0.3 is 14.8 Å². The molecule has 0 aliphatic carbocycles. The SMILES string of the molecule is CCOc1cc(C=NNC(=O)c2ccc(NC(C)=O)cc2)ccc1OCc1cccc2ccccc12. The Hall–Kier alpha value is -4.65. The number of amides is 2. The highest BCUT2D eigenvalue weighted by Crippen LogP contribution is 2.30. The summed E-state index contributed by atoms with van der Waals surface area (Å²) in [6, 6.07) is 26.4. The van der Waals surface area contributed by atoms with E-state index in [-0.39, 0.29) is 11.8 Å². The third-order valence-corrected chi connectivity index (χ3v) is 5.38. The quantitative estimate of drug-likeness (QED) is 0.243. The molecule has 0 saturated heterocycles. The van der Waals surface area contributed by atoms with Crippen molar-refractivity contribution in [3.63, 3.8) is 0 Å². The van der Waals surface area contributed by atoms with Crippen molar-refractivity contribution in [2.24, 2.45) is 5.10 Å². The van der Waals surface area contributed by atoms with Crippen molar-refractivity contribution < 1.29 is 19.1 Å². The number of hydrazone groups is 1. The van der Waals surface area contributed by atoms with E-state index in [4.69, 9.17) is 9.47 Å². The van der Waals surface area contributed by atoms with Crippen LogP contribution in [0.2, 0.25) is 0 Å². The van der Waals surface area contributed by atoms with Gasteiger partial charge in [-0.3, -0.25) is 9.59 Å². The molecule has 2 amide bonds. The molecule has 36 heavy (non-hydrogen) atoms. The Balaban J connectivity index is 1.41. The van der Waals surface area contributed by atoms with Gasteiger partial charge >= 0.3 is 0 Å². The number of rotatable bonds is 9. The Kier molecular flexibility index (Phi) is 7.93. The van der Waals surface area contributed by atoms with Crippen LogP contribution in [-0.4, -0.2) is 24.6 Å². The largest absolute Gasteiger partial charge is 0.490 e. The lowest BCUT2D eigenvalue weighted by Gasteiger charge is -2.13. The average Bonchev–Trinajstić information content (AvgIpc) is 2.88. The van der Waals surface area contributed by atoms with Gasteiger partial charge in [0.15, 0.2) is 11.5 Å². The molecular formula is C29H27N3O4. The second-order valence-electron chi connectivity index (χ2n) is 8.02. The molecule has 0 radical (unpaired) electrons. The van der Waals surface area contributed by atoms with Crippen LogP contribution in [-0.2, 0) is 11.4 Å². The van der Waals surface area contributed by atoms with Crippen LogP contribution in [0.3, 0.4) is 0 Å². The fourth-order valence-corrected chi connectivity index (χ4v) is 3.70. The highest BCUT2D eigenvalue weighted by atomic mass is 16.5. The van der Waals surface area contributed by atoms with Crippen LogP contribution in [0.5, 0.6) is 11.5 Å². The molecule has 0 aromatic heterocycles. The molecule has 0 atom stereocenters. The van der Waals surface area contributed by atoms with Crippen LogP contribution in [0.1, 0.15) is 35.3 Å². The van der Waals surface area contributed by atoms with Gasteiger partial charge in [-0.05, 0) is 71.3 Å². The number of hydrogen-bond donors (Lipinski definition) is 2. The van der Waals surface area contributed by atoms with E-state index in [9.17, 15) is 9.59 Å². The van der Waals surface area contributed by atoms with Crippen LogP contribution < -0.4 is 20.2 Å². The normalized spacial score (nSPS) is 10.8. The predicted molar refractivity (Wildman–Crippen MR) is 142 cm³/mol. The lowest BCUT2D eigenvalue weighted by atomic mass is 10.1. The van der Waals surface area contributed by atoms with Gasteiger partial charge in [0, 0.05) is 18.2 Å². The maximum absolute atomic E-state index is 12.3. The van der Waals surface area contributed by atoms with Gasteiger partial charge in [-0.2, -0.15) is 5.10 Å². The first-order chi connectivity index (χ1) is 17.5. The van der Waals surface area contributed by atoms with E-state index in [1.807, 2.05) is 43.3 Å². The molecule has 7 heteroatoms. The number of ether oxygens (including phenoxy) is 2. The number of carbonyl (C=O) groups is 2. The zero-order valence-electron chi connectivity index (χ0n) is 20.2. The topological polar surface area (TPSA) is 89.0 Å².